The topological polar surface area (TPSA) is 43.9 Å². The van der Waals surface area contributed by atoms with E-state index in [9.17, 15) is 9.59 Å². The summed E-state index contributed by atoms with van der Waals surface area (Å²) in [7, 11) is 0. The van der Waals surface area contributed by atoms with Gasteiger partial charge in [0.05, 0.1) is 5.57 Å². The van der Waals surface area contributed by atoms with Gasteiger partial charge < -0.3 is 9.80 Å². The molecule has 5 heteroatoms. The summed E-state index contributed by atoms with van der Waals surface area (Å²) < 4.78 is 0. The lowest BCUT2D eigenvalue weighted by molar-refractivity contribution is -0.139. The SMILES string of the molecule is Cc1cccc(N2CCN(C3=C(c4ccccc4)C(=O)N(C(C)C)C3=O)CC2)c1C. The maximum absolute atomic E-state index is 13.3. The number of rotatable bonds is 4. The van der Waals surface area contributed by atoms with Gasteiger partial charge in [-0.05, 0) is 50.5 Å². The first-order valence-electron chi connectivity index (χ1n) is 10.6. The molecule has 4 rings (SSSR count). The van der Waals surface area contributed by atoms with Crippen molar-refractivity contribution in [1.29, 1.82) is 0 Å². The van der Waals surface area contributed by atoms with E-state index in [2.05, 4.69) is 41.8 Å². The predicted molar refractivity (Wildman–Crippen MR) is 120 cm³/mol. The number of amides is 2. The zero-order valence-electron chi connectivity index (χ0n) is 18.2. The summed E-state index contributed by atoms with van der Waals surface area (Å²) in [6.07, 6.45) is 0. The summed E-state index contributed by atoms with van der Waals surface area (Å²) in [5, 5.41) is 0. The van der Waals surface area contributed by atoms with E-state index in [1.54, 1.807) is 0 Å². The summed E-state index contributed by atoms with van der Waals surface area (Å²) in [4.78, 5) is 32.4. The molecule has 2 aliphatic rings. The molecule has 0 radical (unpaired) electrons. The van der Waals surface area contributed by atoms with Crippen LogP contribution in [-0.2, 0) is 9.59 Å². The second-order valence-electron chi connectivity index (χ2n) is 8.36. The first-order chi connectivity index (χ1) is 14.4. The molecule has 1 saturated heterocycles. The summed E-state index contributed by atoms with van der Waals surface area (Å²) in [5.74, 6) is -0.359. The Kier molecular flexibility index (Phi) is 5.37. The van der Waals surface area contributed by atoms with Crippen LogP contribution in [-0.4, -0.2) is 53.8 Å². The fourth-order valence-electron chi connectivity index (χ4n) is 4.41. The van der Waals surface area contributed by atoms with Gasteiger partial charge in [-0.1, -0.05) is 42.5 Å². The number of anilines is 1. The third kappa shape index (κ3) is 3.38. The summed E-state index contributed by atoms with van der Waals surface area (Å²) in [6.45, 7) is 11.1. The van der Waals surface area contributed by atoms with Gasteiger partial charge >= 0.3 is 0 Å². The lowest BCUT2D eigenvalue weighted by atomic mass is 10.0. The highest BCUT2D eigenvalue weighted by atomic mass is 16.2. The van der Waals surface area contributed by atoms with E-state index >= 15 is 0 Å². The molecule has 2 aromatic rings. The van der Waals surface area contributed by atoms with Gasteiger partial charge in [-0.2, -0.15) is 0 Å². The van der Waals surface area contributed by atoms with Crippen LogP contribution in [0.15, 0.2) is 54.2 Å². The molecule has 0 spiro atoms. The highest BCUT2D eigenvalue weighted by molar-refractivity contribution is 6.35. The monoisotopic (exact) mass is 403 g/mol. The fourth-order valence-corrected chi connectivity index (χ4v) is 4.41. The van der Waals surface area contributed by atoms with Crippen molar-refractivity contribution >= 4 is 23.1 Å². The molecule has 0 aliphatic carbocycles. The second kappa shape index (κ2) is 7.98. The molecule has 0 bridgehead atoms. The van der Waals surface area contributed by atoms with Gasteiger partial charge in [-0.15, -0.1) is 0 Å². The lowest BCUT2D eigenvalue weighted by Crippen LogP contribution is -2.48. The van der Waals surface area contributed by atoms with Crippen LogP contribution in [0.5, 0.6) is 0 Å². The van der Waals surface area contributed by atoms with Gasteiger partial charge in [-0.25, -0.2) is 0 Å². The molecule has 0 unspecified atom stereocenters. The van der Waals surface area contributed by atoms with Crippen molar-refractivity contribution in [3.05, 3.63) is 70.9 Å². The van der Waals surface area contributed by atoms with E-state index < -0.39 is 0 Å². The summed E-state index contributed by atoms with van der Waals surface area (Å²) in [5.41, 5.74) is 5.74. The number of carbonyl (C=O) groups excluding carboxylic acids is 2. The normalized spacial score (nSPS) is 17.6. The maximum Gasteiger partial charge on any atom is 0.278 e. The fraction of sp³-hybridized carbons (Fsp3) is 0.360. The van der Waals surface area contributed by atoms with Crippen LogP contribution in [0.3, 0.4) is 0 Å². The third-order valence-corrected chi connectivity index (χ3v) is 6.18. The van der Waals surface area contributed by atoms with Crippen LogP contribution in [0.25, 0.3) is 5.57 Å². The molecule has 0 N–H and O–H groups in total. The van der Waals surface area contributed by atoms with Gasteiger partial charge in [0.25, 0.3) is 11.8 Å². The smallest absolute Gasteiger partial charge is 0.278 e. The van der Waals surface area contributed by atoms with Crippen molar-refractivity contribution in [3.63, 3.8) is 0 Å². The first kappa shape index (κ1) is 20.2. The van der Waals surface area contributed by atoms with Gasteiger partial charge in [0.2, 0.25) is 0 Å². The van der Waals surface area contributed by atoms with Crippen LogP contribution < -0.4 is 4.90 Å². The lowest BCUT2D eigenvalue weighted by Gasteiger charge is -2.38. The number of hydrogen-bond acceptors (Lipinski definition) is 4. The molecular formula is C25H29N3O2. The van der Waals surface area contributed by atoms with Crippen molar-refractivity contribution in [3.8, 4) is 0 Å². The Morgan fingerprint density at radius 1 is 0.767 bits per heavy atom. The molecule has 2 aromatic carbocycles. The van der Waals surface area contributed by atoms with E-state index in [1.165, 1.54) is 21.7 Å². The molecule has 2 amide bonds. The first-order valence-corrected chi connectivity index (χ1v) is 10.6. The van der Waals surface area contributed by atoms with Gasteiger partial charge in [0, 0.05) is 37.9 Å². The minimum atomic E-state index is -0.187. The molecule has 1 fully saturated rings. The van der Waals surface area contributed by atoms with E-state index in [0.717, 1.165) is 18.7 Å². The number of piperazine rings is 1. The van der Waals surface area contributed by atoms with Crippen molar-refractivity contribution < 1.29 is 9.59 Å². The Morgan fingerprint density at radius 2 is 1.40 bits per heavy atom. The van der Waals surface area contributed by atoms with Crippen molar-refractivity contribution in [2.75, 3.05) is 31.1 Å². The van der Waals surface area contributed by atoms with Gasteiger partial charge in [0.1, 0.15) is 5.70 Å². The molecular weight excluding hydrogens is 374 g/mol. The Bertz CT molecular complexity index is 1000. The van der Waals surface area contributed by atoms with E-state index in [-0.39, 0.29) is 17.9 Å². The van der Waals surface area contributed by atoms with Crippen LogP contribution in [0.1, 0.15) is 30.5 Å². The second-order valence-corrected chi connectivity index (χ2v) is 8.36. The molecule has 30 heavy (non-hydrogen) atoms. The average molecular weight is 404 g/mol. The molecule has 0 atom stereocenters. The number of imide groups is 1. The molecule has 5 nitrogen and oxygen atoms in total. The van der Waals surface area contributed by atoms with Crippen LogP contribution in [0, 0.1) is 13.8 Å². The predicted octanol–water partition coefficient (Wildman–Crippen LogP) is 3.61. The number of carbonyl (C=O) groups is 2. The highest BCUT2D eigenvalue weighted by Gasteiger charge is 2.43. The Balaban J connectivity index is 1.64. The minimum Gasteiger partial charge on any atom is -0.368 e. The highest BCUT2D eigenvalue weighted by Crippen LogP contribution is 2.34. The standard InChI is InChI=1S/C25H29N3O2/c1-17(2)28-24(29)22(20-10-6-5-7-11-20)23(25(28)30)27-15-13-26(14-16-27)21-12-8-9-18(3)19(21)4/h5-12,17H,13-16H2,1-4H3. The molecule has 0 saturated carbocycles. The van der Waals surface area contributed by atoms with E-state index in [0.29, 0.717) is 24.4 Å². The Hall–Kier alpha value is -3.08. The minimum absolute atomic E-state index is 0.169. The Morgan fingerprint density at radius 3 is 2.03 bits per heavy atom. The third-order valence-electron chi connectivity index (χ3n) is 6.18. The summed E-state index contributed by atoms with van der Waals surface area (Å²) >= 11 is 0. The van der Waals surface area contributed by atoms with Crippen molar-refractivity contribution in [1.82, 2.24) is 9.80 Å². The number of hydrogen-bond donors (Lipinski definition) is 0. The quantitative estimate of drug-likeness (QED) is 0.732. The molecule has 2 heterocycles. The average Bonchev–Trinajstić information content (AvgIpc) is 3.01. The molecule has 156 valence electrons. The number of nitrogens with zero attached hydrogens (tertiary/aromatic N) is 3. The molecule has 2 aliphatic heterocycles. The zero-order valence-corrected chi connectivity index (χ0v) is 18.2. The largest absolute Gasteiger partial charge is 0.368 e. The number of benzene rings is 2. The Labute approximate surface area is 178 Å². The number of aryl methyl sites for hydroxylation is 1. The van der Waals surface area contributed by atoms with Crippen molar-refractivity contribution in [2.24, 2.45) is 0 Å². The zero-order chi connectivity index (χ0) is 21.4. The molecule has 0 aromatic heterocycles. The van der Waals surface area contributed by atoms with Crippen LogP contribution in [0.2, 0.25) is 0 Å². The van der Waals surface area contributed by atoms with Gasteiger partial charge in [-0.3, -0.25) is 14.5 Å². The van der Waals surface area contributed by atoms with E-state index in [1.807, 2.05) is 44.2 Å². The van der Waals surface area contributed by atoms with Crippen molar-refractivity contribution in [2.45, 2.75) is 33.7 Å². The van der Waals surface area contributed by atoms with Crippen LogP contribution >= 0.6 is 0 Å². The van der Waals surface area contributed by atoms with Crippen LogP contribution in [0.4, 0.5) is 5.69 Å². The van der Waals surface area contributed by atoms with Gasteiger partial charge in [0.15, 0.2) is 0 Å². The van der Waals surface area contributed by atoms with E-state index in [4.69, 9.17) is 0 Å². The maximum atomic E-state index is 13.3. The summed E-state index contributed by atoms with van der Waals surface area (Å²) in [6, 6.07) is 15.8.